The highest BCUT2D eigenvalue weighted by Crippen LogP contribution is 2.15. The van der Waals surface area contributed by atoms with Crippen LogP contribution in [0, 0.1) is 0 Å². The average molecular weight is 242 g/mol. The Kier molecular flexibility index (Phi) is 3.13. The fourth-order valence-corrected chi connectivity index (χ4v) is 2.46. The van der Waals surface area contributed by atoms with Crippen molar-refractivity contribution in [3.63, 3.8) is 0 Å². The highest BCUT2D eigenvalue weighted by atomic mass is 15.2. The molecule has 4 nitrogen and oxygen atoms in total. The van der Waals surface area contributed by atoms with Gasteiger partial charge in [0.25, 0.3) is 0 Å². The Morgan fingerprint density at radius 1 is 1.22 bits per heavy atom. The second-order valence-corrected chi connectivity index (χ2v) is 4.79. The first-order valence-electron chi connectivity index (χ1n) is 6.36. The van der Waals surface area contributed by atoms with Crippen LogP contribution in [0.15, 0.2) is 42.7 Å². The minimum atomic E-state index is 0.0766. The van der Waals surface area contributed by atoms with Crippen molar-refractivity contribution in [3.8, 4) is 0 Å². The van der Waals surface area contributed by atoms with Gasteiger partial charge < -0.3 is 10.3 Å². The number of imidazole rings is 1. The number of rotatable bonds is 3. The smallest absolute Gasteiger partial charge is 0.122 e. The zero-order valence-corrected chi connectivity index (χ0v) is 10.4. The van der Waals surface area contributed by atoms with Gasteiger partial charge in [-0.3, -0.25) is 4.90 Å². The van der Waals surface area contributed by atoms with Crippen LogP contribution in [-0.4, -0.2) is 27.5 Å². The first kappa shape index (κ1) is 11.4. The summed E-state index contributed by atoms with van der Waals surface area (Å²) in [5.41, 5.74) is 7.45. The quantitative estimate of drug-likeness (QED) is 0.885. The lowest BCUT2D eigenvalue weighted by atomic mass is 10.1. The molecule has 2 heterocycles. The summed E-state index contributed by atoms with van der Waals surface area (Å²) >= 11 is 0. The van der Waals surface area contributed by atoms with Crippen LogP contribution in [0.25, 0.3) is 0 Å². The number of hydrogen-bond donors (Lipinski definition) is 1. The highest BCUT2D eigenvalue weighted by molar-refractivity contribution is 5.18. The van der Waals surface area contributed by atoms with E-state index in [9.17, 15) is 0 Å². The number of benzene rings is 1. The first-order valence-corrected chi connectivity index (χ1v) is 6.36. The molecule has 1 aromatic heterocycles. The molecule has 1 aromatic carbocycles. The third kappa shape index (κ3) is 2.30. The van der Waals surface area contributed by atoms with Gasteiger partial charge in [-0.2, -0.15) is 0 Å². The summed E-state index contributed by atoms with van der Waals surface area (Å²) < 4.78 is 2.21. The van der Waals surface area contributed by atoms with E-state index in [2.05, 4.69) is 26.6 Å². The molecule has 0 fully saturated rings. The monoisotopic (exact) mass is 242 g/mol. The molecule has 1 atom stereocenters. The van der Waals surface area contributed by atoms with Gasteiger partial charge in [0.2, 0.25) is 0 Å². The summed E-state index contributed by atoms with van der Waals surface area (Å²) in [4.78, 5) is 6.74. The van der Waals surface area contributed by atoms with Crippen LogP contribution in [0.5, 0.6) is 0 Å². The summed E-state index contributed by atoms with van der Waals surface area (Å²) in [7, 11) is 0. The highest BCUT2D eigenvalue weighted by Gasteiger charge is 2.18. The maximum Gasteiger partial charge on any atom is 0.122 e. The van der Waals surface area contributed by atoms with Crippen molar-refractivity contribution < 1.29 is 0 Å². The van der Waals surface area contributed by atoms with Crippen molar-refractivity contribution in [1.82, 2.24) is 14.5 Å². The maximum absolute atomic E-state index is 6.25. The molecule has 0 bridgehead atoms. The summed E-state index contributed by atoms with van der Waals surface area (Å²) in [5.74, 6) is 1.14. The lowest BCUT2D eigenvalue weighted by molar-refractivity contribution is 0.205. The number of hydrogen-bond acceptors (Lipinski definition) is 3. The molecular weight excluding hydrogens is 224 g/mol. The van der Waals surface area contributed by atoms with E-state index in [1.807, 2.05) is 30.6 Å². The molecule has 3 rings (SSSR count). The number of nitrogens with two attached hydrogens (primary N) is 1. The summed E-state index contributed by atoms with van der Waals surface area (Å²) in [6.07, 6.45) is 3.92. The molecule has 2 aromatic rings. The lowest BCUT2D eigenvalue weighted by Gasteiger charge is -2.29. The largest absolute Gasteiger partial charge is 0.333 e. The predicted octanol–water partition coefficient (Wildman–Crippen LogP) is 1.40. The van der Waals surface area contributed by atoms with E-state index in [4.69, 9.17) is 5.73 Å². The molecular formula is C14H18N4. The zero-order valence-electron chi connectivity index (χ0n) is 10.4. The molecule has 1 aliphatic heterocycles. The minimum Gasteiger partial charge on any atom is -0.333 e. The molecule has 94 valence electrons. The van der Waals surface area contributed by atoms with E-state index in [1.54, 1.807) is 0 Å². The summed E-state index contributed by atoms with van der Waals surface area (Å²) in [5, 5.41) is 0. The van der Waals surface area contributed by atoms with Crippen LogP contribution >= 0.6 is 0 Å². The van der Waals surface area contributed by atoms with Crippen molar-refractivity contribution in [2.24, 2.45) is 5.73 Å². The predicted molar refractivity (Wildman–Crippen MR) is 70.9 cm³/mol. The number of nitrogens with zero attached hydrogens (tertiary/aromatic N) is 3. The number of aromatic nitrogens is 2. The second-order valence-electron chi connectivity index (χ2n) is 4.79. The van der Waals surface area contributed by atoms with Gasteiger partial charge in [0.05, 0.1) is 6.54 Å². The molecule has 0 saturated heterocycles. The van der Waals surface area contributed by atoms with Crippen LogP contribution in [0.4, 0.5) is 0 Å². The normalized spacial score (nSPS) is 17.4. The minimum absolute atomic E-state index is 0.0766. The SMILES string of the molecule is NC(CN1CCn2ccnc2C1)c1ccccc1. The Bertz CT molecular complexity index is 506. The van der Waals surface area contributed by atoms with Gasteiger partial charge in [-0.15, -0.1) is 0 Å². The summed E-state index contributed by atoms with van der Waals surface area (Å²) in [6.45, 7) is 3.84. The van der Waals surface area contributed by atoms with Crippen molar-refractivity contribution in [1.29, 1.82) is 0 Å². The third-order valence-corrected chi connectivity index (χ3v) is 3.51. The maximum atomic E-state index is 6.25. The molecule has 0 spiro atoms. The van der Waals surface area contributed by atoms with Crippen molar-refractivity contribution in [2.75, 3.05) is 13.1 Å². The molecule has 18 heavy (non-hydrogen) atoms. The molecule has 0 saturated carbocycles. The van der Waals surface area contributed by atoms with E-state index < -0.39 is 0 Å². The van der Waals surface area contributed by atoms with Crippen LogP contribution in [0.1, 0.15) is 17.4 Å². The number of fused-ring (bicyclic) bond motifs is 1. The zero-order chi connectivity index (χ0) is 12.4. The molecule has 0 radical (unpaired) electrons. The van der Waals surface area contributed by atoms with Gasteiger partial charge in [0.1, 0.15) is 5.82 Å². The Labute approximate surface area is 107 Å². The van der Waals surface area contributed by atoms with E-state index in [-0.39, 0.29) is 6.04 Å². The standard InChI is InChI=1S/C14H18N4/c15-13(12-4-2-1-3-5-12)10-17-8-9-18-7-6-16-14(18)11-17/h1-7,13H,8-11,15H2. The molecule has 1 aliphatic rings. The second kappa shape index (κ2) is 4.92. The van der Waals surface area contributed by atoms with Gasteiger partial charge >= 0.3 is 0 Å². The lowest BCUT2D eigenvalue weighted by Crippen LogP contribution is -2.38. The van der Waals surface area contributed by atoms with Crippen LogP contribution in [0.3, 0.4) is 0 Å². The van der Waals surface area contributed by atoms with E-state index >= 15 is 0 Å². The fourth-order valence-electron chi connectivity index (χ4n) is 2.46. The molecule has 0 aliphatic carbocycles. The van der Waals surface area contributed by atoms with Gasteiger partial charge in [0, 0.05) is 38.1 Å². The van der Waals surface area contributed by atoms with Crippen LogP contribution < -0.4 is 5.73 Å². The van der Waals surface area contributed by atoms with Crippen LogP contribution in [-0.2, 0) is 13.1 Å². The molecule has 4 heteroatoms. The van der Waals surface area contributed by atoms with Gasteiger partial charge in [-0.05, 0) is 5.56 Å². The van der Waals surface area contributed by atoms with Gasteiger partial charge in [-0.25, -0.2) is 4.98 Å². The van der Waals surface area contributed by atoms with E-state index in [1.165, 1.54) is 5.56 Å². The molecule has 0 amide bonds. The topological polar surface area (TPSA) is 47.1 Å². The fraction of sp³-hybridized carbons (Fsp3) is 0.357. The molecule has 1 unspecified atom stereocenters. The van der Waals surface area contributed by atoms with Crippen molar-refractivity contribution >= 4 is 0 Å². The third-order valence-electron chi connectivity index (χ3n) is 3.51. The Balaban J connectivity index is 1.65. The Morgan fingerprint density at radius 2 is 2.06 bits per heavy atom. The molecule has 2 N–H and O–H groups in total. The Morgan fingerprint density at radius 3 is 2.89 bits per heavy atom. The van der Waals surface area contributed by atoms with Crippen molar-refractivity contribution in [3.05, 3.63) is 54.1 Å². The average Bonchev–Trinajstić information content (AvgIpc) is 2.87. The van der Waals surface area contributed by atoms with Crippen LogP contribution in [0.2, 0.25) is 0 Å². The Hall–Kier alpha value is -1.65. The van der Waals surface area contributed by atoms with E-state index in [0.29, 0.717) is 0 Å². The van der Waals surface area contributed by atoms with E-state index in [0.717, 1.165) is 32.0 Å². The first-order chi connectivity index (χ1) is 8.83. The van der Waals surface area contributed by atoms with Gasteiger partial charge in [-0.1, -0.05) is 30.3 Å². The van der Waals surface area contributed by atoms with Gasteiger partial charge in [0.15, 0.2) is 0 Å². The summed E-state index contributed by atoms with van der Waals surface area (Å²) in [6, 6.07) is 10.4. The van der Waals surface area contributed by atoms with Crippen molar-refractivity contribution in [2.45, 2.75) is 19.1 Å².